The lowest BCUT2D eigenvalue weighted by atomic mass is 9.68. The summed E-state index contributed by atoms with van der Waals surface area (Å²) < 4.78 is 0. The molecule has 0 radical (unpaired) electrons. The highest BCUT2D eigenvalue weighted by Gasteiger charge is 2.59. The Kier molecular flexibility index (Phi) is 3.75. The van der Waals surface area contributed by atoms with Crippen LogP contribution in [0, 0.1) is 28.6 Å². The summed E-state index contributed by atoms with van der Waals surface area (Å²) in [5.41, 5.74) is 4.05. The Morgan fingerprint density at radius 1 is 1.21 bits per heavy atom. The normalized spacial score (nSPS) is 41.4. The van der Waals surface area contributed by atoms with E-state index in [1.165, 1.54) is 31.3 Å². The smallest absolute Gasteiger partial charge is 0.0169 e. The Morgan fingerprint density at radius 2 is 1.84 bits per heavy atom. The van der Waals surface area contributed by atoms with Crippen molar-refractivity contribution in [1.82, 2.24) is 0 Å². The SMILES string of the molecule is C=C(C)C1CC2(C)CCC(C)(C)C2C1C/C(C)=C\C. The summed E-state index contributed by atoms with van der Waals surface area (Å²) in [6.07, 6.45) is 7.77. The first-order chi connectivity index (χ1) is 8.71. The fourth-order valence-electron chi connectivity index (χ4n) is 5.36. The Morgan fingerprint density at radius 3 is 2.37 bits per heavy atom. The summed E-state index contributed by atoms with van der Waals surface area (Å²) in [5, 5.41) is 0. The van der Waals surface area contributed by atoms with Crippen molar-refractivity contribution >= 4 is 0 Å². The minimum absolute atomic E-state index is 0.512. The summed E-state index contributed by atoms with van der Waals surface area (Å²) in [5.74, 6) is 2.43. The van der Waals surface area contributed by atoms with Crippen molar-refractivity contribution in [2.45, 2.75) is 67.2 Å². The van der Waals surface area contributed by atoms with Gasteiger partial charge in [0, 0.05) is 0 Å². The van der Waals surface area contributed by atoms with E-state index in [2.05, 4.69) is 54.2 Å². The van der Waals surface area contributed by atoms with Gasteiger partial charge in [0.25, 0.3) is 0 Å². The second-order valence-electron chi connectivity index (χ2n) is 8.28. The van der Waals surface area contributed by atoms with E-state index in [9.17, 15) is 0 Å². The first kappa shape index (κ1) is 14.9. The summed E-state index contributed by atoms with van der Waals surface area (Å²) in [7, 11) is 0. The zero-order valence-electron chi connectivity index (χ0n) is 13.8. The molecule has 4 atom stereocenters. The number of fused-ring (bicyclic) bond motifs is 1. The lowest BCUT2D eigenvalue weighted by Crippen LogP contribution is -2.31. The van der Waals surface area contributed by atoms with Crippen molar-refractivity contribution in [3.05, 3.63) is 23.8 Å². The number of hydrogen-bond donors (Lipinski definition) is 0. The van der Waals surface area contributed by atoms with Crippen LogP contribution < -0.4 is 0 Å². The third-order valence-corrected chi connectivity index (χ3v) is 6.25. The summed E-state index contributed by atoms with van der Waals surface area (Å²) in [6, 6.07) is 0. The highest BCUT2D eigenvalue weighted by atomic mass is 14.6. The molecule has 108 valence electrons. The van der Waals surface area contributed by atoms with Gasteiger partial charge in [0.15, 0.2) is 0 Å². The quantitative estimate of drug-likeness (QED) is 0.546. The van der Waals surface area contributed by atoms with Crippen LogP contribution in [0.15, 0.2) is 23.8 Å². The molecule has 4 unspecified atom stereocenters. The van der Waals surface area contributed by atoms with Crippen LogP contribution in [0.4, 0.5) is 0 Å². The summed E-state index contributed by atoms with van der Waals surface area (Å²) in [6.45, 7) is 18.6. The van der Waals surface area contributed by atoms with Crippen LogP contribution in [0.2, 0.25) is 0 Å². The van der Waals surface area contributed by atoms with E-state index >= 15 is 0 Å². The first-order valence-corrected chi connectivity index (χ1v) is 7.98. The van der Waals surface area contributed by atoms with Crippen LogP contribution in [-0.2, 0) is 0 Å². The lowest BCUT2D eigenvalue weighted by Gasteiger charge is -2.37. The minimum atomic E-state index is 0.512. The highest BCUT2D eigenvalue weighted by molar-refractivity contribution is 5.17. The molecule has 0 heteroatoms. The molecule has 2 saturated carbocycles. The standard InChI is InChI=1S/C19H32/c1-8-14(4)11-15-16(13(2)3)12-19(7)10-9-18(5,6)17(15)19/h8,15-17H,2,9-12H2,1,3-7H3/b14-8-. The van der Waals surface area contributed by atoms with Gasteiger partial charge >= 0.3 is 0 Å². The van der Waals surface area contributed by atoms with E-state index in [0.717, 1.165) is 17.8 Å². The molecule has 0 saturated heterocycles. The largest absolute Gasteiger partial charge is 0.0998 e. The maximum absolute atomic E-state index is 4.31. The van der Waals surface area contributed by atoms with Crippen LogP contribution in [0.1, 0.15) is 67.2 Å². The van der Waals surface area contributed by atoms with Crippen LogP contribution in [0.3, 0.4) is 0 Å². The maximum Gasteiger partial charge on any atom is -0.0169 e. The van der Waals surface area contributed by atoms with Crippen LogP contribution in [0.5, 0.6) is 0 Å². The van der Waals surface area contributed by atoms with Gasteiger partial charge in [0.2, 0.25) is 0 Å². The molecule has 0 bridgehead atoms. The lowest BCUT2D eigenvalue weighted by molar-refractivity contribution is 0.127. The van der Waals surface area contributed by atoms with Gasteiger partial charge in [-0.15, -0.1) is 0 Å². The van der Waals surface area contributed by atoms with Gasteiger partial charge in [0.05, 0.1) is 0 Å². The molecule has 0 aliphatic heterocycles. The molecule has 0 nitrogen and oxygen atoms in total. The van der Waals surface area contributed by atoms with E-state index in [0.29, 0.717) is 10.8 Å². The molecule has 0 aromatic heterocycles. The van der Waals surface area contributed by atoms with Gasteiger partial charge < -0.3 is 0 Å². The molecular weight excluding hydrogens is 228 g/mol. The van der Waals surface area contributed by atoms with Gasteiger partial charge in [-0.05, 0) is 75.0 Å². The zero-order chi connectivity index (χ0) is 14.4. The van der Waals surface area contributed by atoms with Crippen molar-refractivity contribution in [3.8, 4) is 0 Å². The average molecular weight is 260 g/mol. The monoisotopic (exact) mass is 260 g/mol. The molecule has 2 fully saturated rings. The maximum atomic E-state index is 4.31. The molecule has 0 heterocycles. The summed E-state index contributed by atoms with van der Waals surface area (Å²) >= 11 is 0. The van der Waals surface area contributed by atoms with E-state index < -0.39 is 0 Å². The minimum Gasteiger partial charge on any atom is -0.0998 e. The molecule has 2 rings (SSSR count). The van der Waals surface area contributed by atoms with Crippen LogP contribution in [0.25, 0.3) is 0 Å². The number of rotatable bonds is 3. The predicted molar refractivity (Wildman–Crippen MR) is 85.1 cm³/mol. The molecule has 0 aromatic carbocycles. The fraction of sp³-hybridized carbons (Fsp3) is 0.789. The summed E-state index contributed by atoms with van der Waals surface area (Å²) in [4.78, 5) is 0. The second kappa shape index (κ2) is 4.79. The fourth-order valence-corrected chi connectivity index (χ4v) is 5.36. The topological polar surface area (TPSA) is 0 Å². The Bertz CT molecular complexity index is 398. The van der Waals surface area contributed by atoms with Gasteiger partial charge in [0.1, 0.15) is 0 Å². The van der Waals surface area contributed by atoms with E-state index in [1.807, 2.05) is 0 Å². The second-order valence-corrected chi connectivity index (χ2v) is 8.28. The van der Waals surface area contributed by atoms with Crippen LogP contribution >= 0.6 is 0 Å². The zero-order valence-corrected chi connectivity index (χ0v) is 13.8. The van der Waals surface area contributed by atoms with Gasteiger partial charge in [-0.3, -0.25) is 0 Å². The molecule has 0 amide bonds. The van der Waals surface area contributed by atoms with Crippen molar-refractivity contribution in [2.75, 3.05) is 0 Å². The van der Waals surface area contributed by atoms with Gasteiger partial charge in [-0.1, -0.05) is 44.6 Å². The molecular formula is C19H32. The van der Waals surface area contributed by atoms with Gasteiger partial charge in [-0.2, -0.15) is 0 Å². The molecule has 0 spiro atoms. The van der Waals surface area contributed by atoms with E-state index in [-0.39, 0.29) is 0 Å². The molecule has 0 N–H and O–H groups in total. The number of hydrogen-bond acceptors (Lipinski definition) is 0. The van der Waals surface area contributed by atoms with E-state index in [4.69, 9.17) is 0 Å². The third-order valence-electron chi connectivity index (χ3n) is 6.25. The Hall–Kier alpha value is -0.520. The Labute approximate surface area is 120 Å². The Balaban J connectivity index is 2.36. The van der Waals surface area contributed by atoms with Crippen LogP contribution in [-0.4, -0.2) is 0 Å². The van der Waals surface area contributed by atoms with Crippen molar-refractivity contribution < 1.29 is 0 Å². The highest BCUT2D eigenvalue weighted by Crippen LogP contribution is 2.67. The number of allylic oxidation sites excluding steroid dienone is 3. The van der Waals surface area contributed by atoms with Crippen molar-refractivity contribution in [3.63, 3.8) is 0 Å². The predicted octanol–water partition coefficient (Wildman–Crippen LogP) is 6.00. The molecule has 19 heavy (non-hydrogen) atoms. The van der Waals surface area contributed by atoms with E-state index in [1.54, 1.807) is 5.57 Å². The van der Waals surface area contributed by atoms with Crippen molar-refractivity contribution in [2.24, 2.45) is 28.6 Å². The molecule has 2 aliphatic rings. The third kappa shape index (κ3) is 2.43. The van der Waals surface area contributed by atoms with Gasteiger partial charge in [-0.25, -0.2) is 0 Å². The molecule has 0 aromatic rings. The average Bonchev–Trinajstić information content (AvgIpc) is 2.73. The van der Waals surface area contributed by atoms with Crippen molar-refractivity contribution in [1.29, 1.82) is 0 Å². The molecule has 2 aliphatic carbocycles. The first-order valence-electron chi connectivity index (χ1n) is 7.98.